The Morgan fingerprint density at radius 3 is 2.29 bits per heavy atom. The Morgan fingerprint density at radius 2 is 1.71 bits per heavy atom. The molecule has 11 nitrogen and oxygen atoms in total. The molecule has 2 N–H and O–H groups in total. The van der Waals surface area contributed by atoms with Crippen molar-refractivity contribution >= 4 is 58.3 Å². The number of hydrogen-bond donors (Lipinski definition) is 2. The number of ether oxygens (including phenoxy) is 1. The summed E-state index contributed by atoms with van der Waals surface area (Å²) < 4.78 is 37.6. The summed E-state index contributed by atoms with van der Waals surface area (Å²) >= 11 is 13.0. The number of nitrogens with one attached hydrogen (secondary N) is 1. The quantitative estimate of drug-likeness (QED) is 0.164. The van der Waals surface area contributed by atoms with Gasteiger partial charge in [0.15, 0.2) is 0 Å². The van der Waals surface area contributed by atoms with Crippen molar-refractivity contribution in [3.8, 4) is 5.75 Å². The first-order valence-electron chi connectivity index (χ1n) is 14.7. The van der Waals surface area contributed by atoms with Crippen LogP contribution in [0, 0.1) is 0 Å². The van der Waals surface area contributed by atoms with Gasteiger partial charge in [0.2, 0.25) is 5.95 Å². The largest absolute Gasteiger partial charge is 0.492 e. The Bertz CT molecular complexity index is 1680. The third-order valence-corrected chi connectivity index (χ3v) is 7.69. The second-order valence-corrected chi connectivity index (χ2v) is 11.1. The van der Waals surface area contributed by atoms with E-state index in [1.807, 2.05) is 36.4 Å². The summed E-state index contributed by atoms with van der Waals surface area (Å²) in [6.07, 6.45) is 0.0486. The maximum absolute atomic E-state index is 13.9. The number of urea groups is 1. The summed E-state index contributed by atoms with van der Waals surface area (Å²) in [5, 5.41) is 11.1. The molecule has 0 saturated heterocycles. The van der Waals surface area contributed by atoms with Gasteiger partial charge < -0.3 is 20.1 Å². The van der Waals surface area contributed by atoms with Crippen LogP contribution in [0.4, 0.5) is 41.1 Å². The molecule has 1 aliphatic rings. The summed E-state index contributed by atoms with van der Waals surface area (Å²) in [6, 6.07) is 16.3. The molecular weight excluding hydrogens is 674 g/mol. The number of carbonyl (C=O) groups excluding carboxylic acids is 1. The maximum Gasteiger partial charge on any atom is 0.490 e. The molecule has 1 aliphatic heterocycles. The fourth-order valence-electron chi connectivity index (χ4n) is 4.61. The van der Waals surface area contributed by atoms with Crippen LogP contribution in [0.1, 0.15) is 25.0 Å². The maximum atomic E-state index is 13.9. The third kappa shape index (κ3) is 9.46. The van der Waals surface area contributed by atoms with Gasteiger partial charge in [-0.05, 0) is 61.1 Å². The number of anilines is 4. The molecule has 4 aromatic rings. The number of amides is 2. The fourth-order valence-corrected chi connectivity index (χ4v) is 5.21. The van der Waals surface area contributed by atoms with Gasteiger partial charge in [0.1, 0.15) is 18.2 Å². The summed E-state index contributed by atoms with van der Waals surface area (Å²) in [7, 11) is 0. The van der Waals surface area contributed by atoms with Gasteiger partial charge in [0, 0.05) is 36.4 Å². The average Bonchev–Trinajstić information content (AvgIpc) is 3.06. The Balaban J connectivity index is 0.000000671. The first kappa shape index (κ1) is 36.2. The van der Waals surface area contributed by atoms with Crippen molar-refractivity contribution in [1.82, 2.24) is 19.9 Å². The molecule has 5 rings (SSSR count). The normalized spacial score (nSPS) is 12.7. The molecule has 0 atom stereocenters. The number of pyridine rings is 1. The average molecular weight is 707 g/mol. The Kier molecular flexibility index (Phi) is 12.4. The van der Waals surface area contributed by atoms with Crippen LogP contribution in [0.15, 0.2) is 73.2 Å². The highest BCUT2D eigenvalue weighted by Crippen LogP contribution is 2.39. The molecule has 0 bridgehead atoms. The first-order chi connectivity index (χ1) is 22.9. The summed E-state index contributed by atoms with van der Waals surface area (Å²) in [4.78, 5) is 41.7. The van der Waals surface area contributed by atoms with E-state index in [-0.39, 0.29) is 19.1 Å². The van der Waals surface area contributed by atoms with E-state index in [0.717, 1.165) is 42.2 Å². The molecule has 16 heteroatoms. The number of halogens is 5. The lowest BCUT2D eigenvalue weighted by molar-refractivity contribution is -0.192. The van der Waals surface area contributed by atoms with Gasteiger partial charge in [0.25, 0.3) is 0 Å². The Labute approximate surface area is 284 Å². The standard InChI is InChI=1S/C30H31Cl2N7O2.C2HF3O2/c1-3-37(4-2)15-16-41-24-12-10-23(11-13-24)35-29-34-18-22-20-38(27-25(31)8-5-9-26(27)32)30(40)39(28(22)36-29)19-21-7-6-14-33-17-21;3-2(4,5)1(6)7/h5-14,17-18H,3-4,15-16,19-20H2,1-2H3,(H,34,35,36);(H,6,7). The van der Waals surface area contributed by atoms with Crippen LogP contribution >= 0.6 is 23.2 Å². The van der Waals surface area contributed by atoms with Crippen LogP contribution in [0.25, 0.3) is 0 Å². The summed E-state index contributed by atoms with van der Waals surface area (Å²) in [5.74, 6) is -1.09. The van der Waals surface area contributed by atoms with E-state index in [0.29, 0.717) is 34.1 Å². The number of aliphatic carboxylic acids is 1. The lowest BCUT2D eigenvalue weighted by Crippen LogP contribution is -2.47. The number of likely N-dealkylation sites (N-methyl/N-ethyl adjacent to an activating group) is 1. The number of benzene rings is 2. The fraction of sp³-hybridized carbons (Fsp3) is 0.281. The monoisotopic (exact) mass is 705 g/mol. The summed E-state index contributed by atoms with van der Waals surface area (Å²) in [5.41, 5.74) is 2.85. The second-order valence-electron chi connectivity index (χ2n) is 10.3. The van der Waals surface area contributed by atoms with Gasteiger partial charge in [-0.15, -0.1) is 0 Å². The molecule has 2 aromatic heterocycles. The number of rotatable bonds is 11. The van der Waals surface area contributed by atoms with E-state index in [1.165, 1.54) is 0 Å². The Hall–Kier alpha value is -4.66. The minimum atomic E-state index is -5.08. The van der Waals surface area contributed by atoms with Gasteiger partial charge >= 0.3 is 18.2 Å². The molecule has 3 heterocycles. The molecule has 2 amide bonds. The number of nitrogens with zero attached hydrogens (tertiary/aromatic N) is 6. The molecule has 0 unspecified atom stereocenters. The topological polar surface area (TPSA) is 124 Å². The van der Waals surface area contributed by atoms with Gasteiger partial charge in [-0.2, -0.15) is 18.2 Å². The van der Waals surface area contributed by atoms with Gasteiger partial charge in [-0.3, -0.25) is 14.8 Å². The molecule has 48 heavy (non-hydrogen) atoms. The lowest BCUT2D eigenvalue weighted by atomic mass is 10.1. The van der Waals surface area contributed by atoms with E-state index in [1.54, 1.807) is 46.6 Å². The van der Waals surface area contributed by atoms with Crippen LogP contribution in [0.2, 0.25) is 10.0 Å². The number of aromatic nitrogens is 3. The number of fused-ring (bicyclic) bond motifs is 1. The number of carbonyl (C=O) groups is 2. The highest BCUT2D eigenvalue weighted by molar-refractivity contribution is 6.40. The van der Waals surface area contributed by atoms with Crippen molar-refractivity contribution in [1.29, 1.82) is 0 Å². The summed E-state index contributed by atoms with van der Waals surface area (Å²) in [6.45, 7) is 8.27. The number of para-hydroxylation sites is 1. The van der Waals surface area contributed by atoms with Crippen molar-refractivity contribution in [2.75, 3.05) is 41.4 Å². The van der Waals surface area contributed by atoms with Crippen molar-refractivity contribution < 1.29 is 32.6 Å². The molecule has 254 valence electrons. The van der Waals surface area contributed by atoms with E-state index < -0.39 is 12.1 Å². The zero-order chi connectivity index (χ0) is 34.8. The van der Waals surface area contributed by atoms with E-state index in [9.17, 15) is 18.0 Å². The highest BCUT2D eigenvalue weighted by atomic mass is 35.5. The van der Waals surface area contributed by atoms with Crippen LogP contribution in [0.3, 0.4) is 0 Å². The zero-order valence-electron chi connectivity index (χ0n) is 25.9. The minimum Gasteiger partial charge on any atom is -0.492 e. The smallest absolute Gasteiger partial charge is 0.490 e. The van der Waals surface area contributed by atoms with Crippen molar-refractivity contribution in [2.24, 2.45) is 0 Å². The second kappa shape index (κ2) is 16.4. The molecule has 2 aromatic carbocycles. The van der Waals surface area contributed by atoms with Crippen LogP contribution in [-0.2, 0) is 17.9 Å². The van der Waals surface area contributed by atoms with Crippen LogP contribution in [-0.4, -0.2) is 69.4 Å². The number of carboxylic acids is 1. The predicted molar refractivity (Wildman–Crippen MR) is 177 cm³/mol. The van der Waals surface area contributed by atoms with Crippen LogP contribution < -0.4 is 19.9 Å². The third-order valence-electron chi connectivity index (χ3n) is 7.08. The van der Waals surface area contributed by atoms with E-state index in [2.05, 4.69) is 34.0 Å². The minimum absolute atomic E-state index is 0.223. The molecular formula is C32H32Cl2F3N7O4. The number of alkyl halides is 3. The first-order valence-corrected chi connectivity index (χ1v) is 15.5. The highest BCUT2D eigenvalue weighted by Gasteiger charge is 2.38. The zero-order valence-corrected chi connectivity index (χ0v) is 27.4. The SMILES string of the molecule is CCN(CC)CCOc1ccc(Nc2ncc3c(n2)N(Cc2cccnc2)C(=O)N(c2c(Cl)cccc2Cl)C3)cc1.O=C(O)C(F)(F)F. The van der Waals surface area contributed by atoms with E-state index >= 15 is 0 Å². The number of carboxylic acid groups (broad SMARTS) is 1. The Morgan fingerprint density at radius 1 is 1.04 bits per heavy atom. The molecule has 0 saturated carbocycles. The predicted octanol–water partition coefficient (Wildman–Crippen LogP) is 7.42. The van der Waals surface area contributed by atoms with Crippen molar-refractivity contribution in [3.63, 3.8) is 0 Å². The van der Waals surface area contributed by atoms with Crippen molar-refractivity contribution in [2.45, 2.75) is 33.1 Å². The van der Waals surface area contributed by atoms with Gasteiger partial charge in [-0.1, -0.05) is 49.2 Å². The molecule has 0 spiro atoms. The van der Waals surface area contributed by atoms with Crippen LogP contribution in [0.5, 0.6) is 5.75 Å². The number of hydrogen-bond acceptors (Lipinski definition) is 8. The molecule has 0 radical (unpaired) electrons. The lowest BCUT2D eigenvalue weighted by Gasteiger charge is -2.36. The van der Waals surface area contributed by atoms with Crippen molar-refractivity contribution in [3.05, 3.63) is 94.4 Å². The molecule has 0 aliphatic carbocycles. The van der Waals surface area contributed by atoms with Gasteiger partial charge in [0.05, 0.1) is 28.8 Å². The molecule has 0 fully saturated rings. The van der Waals surface area contributed by atoms with E-state index in [4.69, 9.17) is 42.8 Å². The van der Waals surface area contributed by atoms with Gasteiger partial charge in [-0.25, -0.2) is 14.6 Å².